The van der Waals surface area contributed by atoms with E-state index in [0.29, 0.717) is 49.6 Å². The lowest BCUT2D eigenvalue weighted by Crippen LogP contribution is -2.51. The van der Waals surface area contributed by atoms with E-state index >= 15 is 0 Å². The van der Waals surface area contributed by atoms with Gasteiger partial charge in [0, 0.05) is 37.9 Å². The zero-order valence-corrected chi connectivity index (χ0v) is 14.9. The number of ether oxygens (including phenoxy) is 1. The lowest BCUT2D eigenvalue weighted by molar-refractivity contribution is -0.131. The summed E-state index contributed by atoms with van der Waals surface area (Å²) in [5.41, 5.74) is 7.79. The zero-order chi connectivity index (χ0) is 18.5. The molecule has 1 aliphatic heterocycles. The molecule has 0 spiro atoms. The summed E-state index contributed by atoms with van der Waals surface area (Å²) in [7, 11) is 1.52. The van der Waals surface area contributed by atoms with Crippen LogP contribution in [0.5, 0.6) is 5.75 Å². The van der Waals surface area contributed by atoms with Gasteiger partial charge in [0.25, 0.3) is 5.91 Å². The van der Waals surface area contributed by atoms with E-state index in [1.165, 1.54) is 7.11 Å². The second kappa shape index (κ2) is 7.91. The van der Waals surface area contributed by atoms with Gasteiger partial charge >= 0.3 is 0 Å². The Balaban J connectivity index is 1.60. The molecule has 0 saturated carbocycles. The van der Waals surface area contributed by atoms with Crippen molar-refractivity contribution in [2.45, 2.75) is 6.42 Å². The predicted molar refractivity (Wildman–Crippen MR) is 100 cm³/mol. The van der Waals surface area contributed by atoms with Crippen molar-refractivity contribution in [3.05, 3.63) is 59.7 Å². The minimum atomic E-state index is -0.1000. The molecule has 0 unspecified atom stereocenters. The normalized spacial score (nSPS) is 14.2. The Hall–Kier alpha value is -3.02. The Morgan fingerprint density at radius 3 is 2.31 bits per heavy atom. The maximum Gasteiger partial charge on any atom is 0.257 e. The molecule has 6 nitrogen and oxygen atoms in total. The van der Waals surface area contributed by atoms with E-state index in [0.717, 1.165) is 5.56 Å². The first-order valence-electron chi connectivity index (χ1n) is 8.63. The van der Waals surface area contributed by atoms with Gasteiger partial charge in [0.2, 0.25) is 5.91 Å². The van der Waals surface area contributed by atoms with Gasteiger partial charge in [-0.3, -0.25) is 9.59 Å². The van der Waals surface area contributed by atoms with E-state index in [4.69, 9.17) is 10.5 Å². The maximum atomic E-state index is 12.8. The number of benzene rings is 2. The van der Waals surface area contributed by atoms with Crippen molar-refractivity contribution < 1.29 is 14.3 Å². The van der Waals surface area contributed by atoms with Gasteiger partial charge in [0.15, 0.2) is 0 Å². The monoisotopic (exact) mass is 353 g/mol. The number of carbonyl (C=O) groups excluding carboxylic acids is 2. The van der Waals surface area contributed by atoms with Crippen molar-refractivity contribution in [2.75, 3.05) is 39.0 Å². The number of nitrogens with two attached hydrogens (primary N) is 1. The molecule has 2 N–H and O–H groups in total. The summed E-state index contributed by atoms with van der Waals surface area (Å²) in [6, 6.07) is 14.7. The van der Waals surface area contributed by atoms with E-state index in [1.807, 2.05) is 35.2 Å². The molecule has 26 heavy (non-hydrogen) atoms. The molecule has 0 aromatic heterocycles. The number of nitrogen functional groups attached to an aromatic ring is 1. The first-order valence-corrected chi connectivity index (χ1v) is 8.63. The smallest absolute Gasteiger partial charge is 0.257 e. The van der Waals surface area contributed by atoms with Crippen LogP contribution in [-0.2, 0) is 11.2 Å². The van der Waals surface area contributed by atoms with Crippen molar-refractivity contribution in [3.63, 3.8) is 0 Å². The van der Waals surface area contributed by atoms with Gasteiger partial charge in [-0.15, -0.1) is 0 Å². The molecule has 2 aromatic rings. The van der Waals surface area contributed by atoms with Crippen LogP contribution < -0.4 is 10.5 Å². The zero-order valence-electron chi connectivity index (χ0n) is 14.9. The Morgan fingerprint density at radius 2 is 1.65 bits per heavy atom. The van der Waals surface area contributed by atoms with Gasteiger partial charge in [0.1, 0.15) is 5.75 Å². The van der Waals surface area contributed by atoms with Crippen LogP contribution in [-0.4, -0.2) is 54.9 Å². The molecule has 1 heterocycles. The molecule has 136 valence electrons. The number of carbonyl (C=O) groups is 2. The summed E-state index contributed by atoms with van der Waals surface area (Å²) >= 11 is 0. The van der Waals surface area contributed by atoms with Gasteiger partial charge in [-0.05, 0) is 17.7 Å². The van der Waals surface area contributed by atoms with E-state index in [1.54, 1.807) is 23.1 Å². The van der Waals surface area contributed by atoms with Gasteiger partial charge in [-0.1, -0.05) is 30.3 Å². The highest BCUT2D eigenvalue weighted by Crippen LogP contribution is 2.23. The number of amides is 2. The van der Waals surface area contributed by atoms with Gasteiger partial charge in [-0.25, -0.2) is 0 Å². The average molecular weight is 353 g/mol. The van der Waals surface area contributed by atoms with Crippen LogP contribution in [0.3, 0.4) is 0 Å². The Labute approximate surface area is 153 Å². The minimum absolute atomic E-state index is 0.0911. The molecule has 1 fully saturated rings. The summed E-state index contributed by atoms with van der Waals surface area (Å²) < 4.78 is 5.27. The highest BCUT2D eigenvalue weighted by Gasteiger charge is 2.26. The van der Waals surface area contributed by atoms with Crippen molar-refractivity contribution in [3.8, 4) is 5.75 Å². The van der Waals surface area contributed by atoms with Crippen molar-refractivity contribution >= 4 is 17.5 Å². The van der Waals surface area contributed by atoms with Crippen LogP contribution in [0.4, 0.5) is 5.69 Å². The average Bonchev–Trinajstić information content (AvgIpc) is 2.68. The molecule has 2 amide bonds. The van der Waals surface area contributed by atoms with Crippen LogP contribution in [0, 0.1) is 0 Å². The molecule has 0 radical (unpaired) electrons. The summed E-state index contributed by atoms with van der Waals surface area (Å²) in [6.45, 7) is 2.09. The summed E-state index contributed by atoms with van der Waals surface area (Å²) in [6.07, 6.45) is 0.389. The van der Waals surface area contributed by atoms with Gasteiger partial charge < -0.3 is 20.3 Å². The van der Waals surface area contributed by atoms with Gasteiger partial charge in [0.05, 0.1) is 19.1 Å². The summed E-state index contributed by atoms with van der Waals surface area (Å²) in [4.78, 5) is 28.8. The van der Waals surface area contributed by atoms with Gasteiger partial charge in [-0.2, -0.15) is 0 Å². The predicted octanol–water partition coefficient (Wildman–Crippen LogP) is 1.80. The molecular formula is C20H23N3O3. The van der Waals surface area contributed by atoms with E-state index in [-0.39, 0.29) is 11.8 Å². The second-order valence-corrected chi connectivity index (χ2v) is 6.30. The number of nitrogens with zero attached hydrogens (tertiary/aromatic N) is 2. The number of rotatable bonds is 4. The first-order chi connectivity index (χ1) is 12.6. The van der Waals surface area contributed by atoms with Crippen molar-refractivity contribution in [1.82, 2.24) is 9.80 Å². The largest absolute Gasteiger partial charge is 0.496 e. The lowest BCUT2D eigenvalue weighted by Gasteiger charge is -2.35. The maximum absolute atomic E-state index is 12.8. The minimum Gasteiger partial charge on any atom is -0.496 e. The third-order valence-electron chi connectivity index (χ3n) is 4.57. The molecule has 2 aromatic carbocycles. The number of hydrogen-bond donors (Lipinski definition) is 1. The summed E-state index contributed by atoms with van der Waals surface area (Å²) in [5, 5.41) is 0. The second-order valence-electron chi connectivity index (χ2n) is 6.30. The number of anilines is 1. The lowest BCUT2D eigenvalue weighted by atomic mass is 10.1. The quantitative estimate of drug-likeness (QED) is 0.851. The molecule has 0 aliphatic carbocycles. The SMILES string of the molecule is COc1cc(N)ccc1C(=O)N1CCN(C(=O)Cc2ccccc2)CC1. The topological polar surface area (TPSA) is 75.9 Å². The van der Waals surface area contributed by atoms with Crippen molar-refractivity contribution in [2.24, 2.45) is 0 Å². The third-order valence-corrected chi connectivity index (χ3v) is 4.57. The highest BCUT2D eigenvalue weighted by atomic mass is 16.5. The molecule has 3 rings (SSSR count). The molecule has 1 saturated heterocycles. The van der Waals surface area contributed by atoms with Crippen molar-refractivity contribution in [1.29, 1.82) is 0 Å². The number of hydrogen-bond acceptors (Lipinski definition) is 4. The van der Waals surface area contributed by atoms with E-state index in [2.05, 4.69) is 0 Å². The van der Waals surface area contributed by atoms with Crippen LogP contribution in [0.25, 0.3) is 0 Å². The van der Waals surface area contributed by atoms with Crippen LogP contribution in [0.2, 0.25) is 0 Å². The third kappa shape index (κ3) is 3.96. The first kappa shape index (κ1) is 17.8. The number of piperazine rings is 1. The Kier molecular flexibility index (Phi) is 5.41. The molecule has 0 atom stereocenters. The molecular weight excluding hydrogens is 330 g/mol. The van der Waals surface area contributed by atoms with Crippen LogP contribution in [0.15, 0.2) is 48.5 Å². The Morgan fingerprint density at radius 1 is 1.00 bits per heavy atom. The van der Waals surface area contributed by atoms with E-state index in [9.17, 15) is 9.59 Å². The van der Waals surface area contributed by atoms with Crippen LogP contribution in [0.1, 0.15) is 15.9 Å². The molecule has 0 bridgehead atoms. The Bertz CT molecular complexity index is 784. The highest BCUT2D eigenvalue weighted by molar-refractivity contribution is 5.97. The number of methoxy groups -OCH3 is 1. The fraction of sp³-hybridized carbons (Fsp3) is 0.300. The molecule has 1 aliphatic rings. The van der Waals surface area contributed by atoms with E-state index < -0.39 is 0 Å². The fourth-order valence-electron chi connectivity index (χ4n) is 3.10. The fourth-order valence-corrected chi connectivity index (χ4v) is 3.10. The van der Waals surface area contributed by atoms with Crippen LogP contribution >= 0.6 is 0 Å². The summed E-state index contributed by atoms with van der Waals surface area (Å²) in [5.74, 6) is 0.461. The molecule has 6 heteroatoms. The standard InChI is InChI=1S/C20H23N3O3/c1-26-18-14-16(21)7-8-17(18)20(25)23-11-9-22(10-12-23)19(24)13-15-5-3-2-4-6-15/h2-8,14H,9-13,21H2,1H3.